The third-order valence-corrected chi connectivity index (χ3v) is 5.52. The Morgan fingerprint density at radius 2 is 1.94 bits per heavy atom. The molecule has 1 aliphatic carbocycles. The number of nitrogens with zero attached hydrogens (tertiary/aromatic N) is 4. The SMILES string of the molecule is CCn1cc(C(=O)NC2CCC(Oc3ncc(F)cn3)CC2)c(=O)c2ccc(C)nc21. The van der Waals surface area contributed by atoms with Gasteiger partial charge in [0.1, 0.15) is 17.3 Å². The van der Waals surface area contributed by atoms with Gasteiger partial charge in [0.2, 0.25) is 5.43 Å². The van der Waals surface area contributed by atoms with Crippen LogP contribution in [0.25, 0.3) is 11.0 Å². The van der Waals surface area contributed by atoms with Gasteiger partial charge >= 0.3 is 6.01 Å². The number of carbonyl (C=O) groups is 1. The predicted octanol–water partition coefficient (Wildman–Crippen LogP) is 2.77. The Labute approximate surface area is 178 Å². The molecule has 0 unspecified atom stereocenters. The number of ether oxygens (including phenoxy) is 1. The summed E-state index contributed by atoms with van der Waals surface area (Å²) in [7, 11) is 0. The van der Waals surface area contributed by atoms with Crippen molar-refractivity contribution < 1.29 is 13.9 Å². The minimum atomic E-state index is -0.513. The van der Waals surface area contributed by atoms with Crippen LogP contribution in [-0.4, -0.2) is 37.6 Å². The van der Waals surface area contributed by atoms with Crippen molar-refractivity contribution in [1.82, 2.24) is 24.8 Å². The molecule has 1 aliphatic rings. The van der Waals surface area contributed by atoms with Crippen LogP contribution < -0.4 is 15.5 Å². The summed E-state index contributed by atoms with van der Waals surface area (Å²) in [6, 6.07) is 3.59. The van der Waals surface area contributed by atoms with Crippen LogP contribution in [0.15, 0.2) is 35.5 Å². The van der Waals surface area contributed by atoms with Crippen molar-refractivity contribution in [3.05, 3.63) is 58.0 Å². The van der Waals surface area contributed by atoms with E-state index in [0.717, 1.165) is 18.1 Å². The summed E-state index contributed by atoms with van der Waals surface area (Å²) in [6.45, 7) is 4.41. The Kier molecular flexibility index (Phi) is 5.92. The second-order valence-corrected chi connectivity index (χ2v) is 7.73. The molecule has 162 valence electrons. The number of carbonyl (C=O) groups excluding carboxylic acids is 1. The minimum absolute atomic E-state index is 0.0530. The topological polar surface area (TPSA) is 99.0 Å². The summed E-state index contributed by atoms with van der Waals surface area (Å²) in [5.41, 5.74) is 1.22. The molecule has 9 heteroatoms. The summed E-state index contributed by atoms with van der Waals surface area (Å²) in [5, 5.41) is 3.43. The number of fused-ring (bicyclic) bond motifs is 1. The van der Waals surface area contributed by atoms with Gasteiger partial charge in [-0.25, -0.2) is 19.3 Å². The largest absolute Gasteiger partial charge is 0.460 e. The first kappa shape index (κ1) is 20.9. The maximum absolute atomic E-state index is 12.9. The average molecular weight is 425 g/mol. The number of nitrogens with one attached hydrogen (secondary N) is 1. The van der Waals surface area contributed by atoms with E-state index in [1.165, 1.54) is 0 Å². The normalized spacial score (nSPS) is 18.7. The van der Waals surface area contributed by atoms with E-state index in [2.05, 4.69) is 20.3 Å². The Morgan fingerprint density at radius 1 is 1.23 bits per heavy atom. The molecule has 0 atom stereocenters. The van der Waals surface area contributed by atoms with Gasteiger partial charge in [0.15, 0.2) is 5.82 Å². The van der Waals surface area contributed by atoms with Gasteiger partial charge in [0.25, 0.3) is 5.91 Å². The van der Waals surface area contributed by atoms with Gasteiger partial charge in [-0.1, -0.05) is 0 Å². The van der Waals surface area contributed by atoms with Gasteiger partial charge in [0, 0.05) is 24.5 Å². The number of aryl methyl sites for hydroxylation is 2. The van der Waals surface area contributed by atoms with Gasteiger partial charge in [-0.3, -0.25) is 9.59 Å². The number of pyridine rings is 2. The van der Waals surface area contributed by atoms with Crippen molar-refractivity contribution in [1.29, 1.82) is 0 Å². The van der Waals surface area contributed by atoms with Crippen molar-refractivity contribution in [3.8, 4) is 6.01 Å². The first-order valence-electron chi connectivity index (χ1n) is 10.4. The predicted molar refractivity (Wildman–Crippen MR) is 113 cm³/mol. The highest BCUT2D eigenvalue weighted by Crippen LogP contribution is 2.22. The molecule has 1 fully saturated rings. The van der Waals surface area contributed by atoms with Gasteiger partial charge in [0.05, 0.1) is 17.8 Å². The van der Waals surface area contributed by atoms with Gasteiger partial charge in [-0.15, -0.1) is 0 Å². The summed E-state index contributed by atoms with van der Waals surface area (Å²) >= 11 is 0. The average Bonchev–Trinajstić information content (AvgIpc) is 2.77. The zero-order chi connectivity index (χ0) is 22.0. The molecule has 0 spiro atoms. The van der Waals surface area contributed by atoms with Crippen LogP contribution in [0.2, 0.25) is 0 Å². The molecule has 1 saturated carbocycles. The van der Waals surface area contributed by atoms with Gasteiger partial charge in [-0.05, 0) is 51.7 Å². The lowest BCUT2D eigenvalue weighted by Crippen LogP contribution is -2.41. The van der Waals surface area contributed by atoms with Crippen molar-refractivity contribution in [2.45, 2.75) is 58.2 Å². The fourth-order valence-electron chi connectivity index (χ4n) is 3.86. The first-order valence-corrected chi connectivity index (χ1v) is 10.4. The third kappa shape index (κ3) is 4.55. The summed E-state index contributed by atoms with van der Waals surface area (Å²) < 4.78 is 20.4. The number of hydrogen-bond donors (Lipinski definition) is 1. The molecule has 0 bridgehead atoms. The van der Waals surface area contributed by atoms with Crippen LogP contribution >= 0.6 is 0 Å². The molecule has 8 nitrogen and oxygen atoms in total. The van der Waals surface area contributed by atoms with Crippen LogP contribution in [0.1, 0.15) is 48.7 Å². The molecule has 0 saturated heterocycles. The molecule has 0 aromatic carbocycles. The highest BCUT2D eigenvalue weighted by Gasteiger charge is 2.26. The molecule has 0 radical (unpaired) electrons. The molecule has 3 aromatic heterocycles. The number of rotatable bonds is 5. The number of halogens is 1. The van der Waals surface area contributed by atoms with Crippen molar-refractivity contribution in [2.75, 3.05) is 0 Å². The van der Waals surface area contributed by atoms with Crippen LogP contribution in [0.3, 0.4) is 0 Å². The van der Waals surface area contributed by atoms with E-state index in [1.807, 2.05) is 18.4 Å². The van der Waals surface area contributed by atoms with Crippen LogP contribution in [-0.2, 0) is 6.54 Å². The lowest BCUT2D eigenvalue weighted by atomic mass is 9.92. The molecule has 31 heavy (non-hydrogen) atoms. The maximum atomic E-state index is 12.9. The van der Waals surface area contributed by atoms with E-state index >= 15 is 0 Å². The second-order valence-electron chi connectivity index (χ2n) is 7.73. The number of hydrogen-bond acceptors (Lipinski definition) is 6. The summed E-state index contributed by atoms with van der Waals surface area (Å²) in [4.78, 5) is 37.9. The second kappa shape index (κ2) is 8.79. The Balaban J connectivity index is 1.43. The Hall–Kier alpha value is -3.36. The maximum Gasteiger partial charge on any atom is 0.316 e. The fraction of sp³-hybridized carbons (Fsp3) is 0.409. The van der Waals surface area contributed by atoms with E-state index in [1.54, 1.807) is 18.3 Å². The lowest BCUT2D eigenvalue weighted by Gasteiger charge is -2.28. The highest BCUT2D eigenvalue weighted by atomic mass is 19.1. The third-order valence-electron chi connectivity index (χ3n) is 5.52. The number of amides is 1. The van der Waals surface area contributed by atoms with Crippen LogP contribution in [0.4, 0.5) is 4.39 Å². The zero-order valence-electron chi connectivity index (χ0n) is 17.5. The van der Waals surface area contributed by atoms with Gasteiger partial charge in [-0.2, -0.15) is 0 Å². The molecule has 3 heterocycles. The fourth-order valence-corrected chi connectivity index (χ4v) is 3.86. The van der Waals surface area contributed by atoms with Crippen LogP contribution in [0.5, 0.6) is 6.01 Å². The number of aromatic nitrogens is 4. The van der Waals surface area contributed by atoms with E-state index in [-0.39, 0.29) is 35.1 Å². The standard InChI is InChI=1S/C22H24FN5O3/c1-3-28-12-18(19(29)17-9-4-13(2)26-20(17)28)21(30)27-15-5-7-16(8-6-15)31-22-24-10-14(23)11-25-22/h4,9-12,15-16H,3,5-8H2,1-2H3,(H,27,30). The monoisotopic (exact) mass is 425 g/mol. The summed E-state index contributed by atoms with van der Waals surface area (Å²) in [6.07, 6.45) is 6.44. The summed E-state index contributed by atoms with van der Waals surface area (Å²) in [5.74, 6) is -0.888. The lowest BCUT2D eigenvalue weighted by molar-refractivity contribution is 0.0883. The molecule has 3 aromatic rings. The van der Waals surface area contributed by atoms with E-state index in [4.69, 9.17) is 4.74 Å². The van der Waals surface area contributed by atoms with E-state index in [9.17, 15) is 14.0 Å². The molecule has 1 amide bonds. The molecule has 0 aliphatic heterocycles. The molecule has 1 N–H and O–H groups in total. The smallest absolute Gasteiger partial charge is 0.316 e. The molecule has 4 rings (SSSR count). The van der Waals surface area contributed by atoms with Crippen molar-refractivity contribution >= 4 is 16.9 Å². The van der Waals surface area contributed by atoms with Crippen molar-refractivity contribution in [3.63, 3.8) is 0 Å². The zero-order valence-corrected chi connectivity index (χ0v) is 17.5. The van der Waals surface area contributed by atoms with Gasteiger partial charge < -0.3 is 14.6 Å². The quantitative estimate of drug-likeness (QED) is 0.675. The first-order chi connectivity index (χ1) is 14.9. The van der Waals surface area contributed by atoms with Crippen LogP contribution in [0, 0.1) is 12.7 Å². The minimum Gasteiger partial charge on any atom is -0.460 e. The molecular formula is C22H24FN5O3. The highest BCUT2D eigenvalue weighted by molar-refractivity contribution is 5.97. The Bertz CT molecular complexity index is 1150. The van der Waals surface area contributed by atoms with Crippen molar-refractivity contribution in [2.24, 2.45) is 0 Å². The van der Waals surface area contributed by atoms with E-state index < -0.39 is 5.82 Å². The molecular weight excluding hydrogens is 401 g/mol. The Morgan fingerprint density at radius 3 is 2.61 bits per heavy atom. The van der Waals surface area contributed by atoms with E-state index in [0.29, 0.717) is 43.3 Å².